The Morgan fingerprint density at radius 1 is 0.810 bits per heavy atom. The van der Waals surface area contributed by atoms with Crippen molar-refractivity contribution < 1.29 is 0 Å². The summed E-state index contributed by atoms with van der Waals surface area (Å²) in [4.78, 5) is 2.57. The van der Waals surface area contributed by atoms with E-state index in [0.717, 1.165) is 25.9 Å². The van der Waals surface area contributed by atoms with Crippen molar-refractivity contribution >= 4 is 12.4 Å². The monoisotopic (exact) mass is 301 g/mol. The molecule has 0 radical (unpaired) electrons. The Labute approximate surface area is 134 Å². The van der Waals surface area contributed by atoms with Crippen molar-refractivity contribution in [1.29, 1.82) is 0 Å². The molecule has 112 valence electrons. The average Bonchev–Trinajstić information content (AvgIpc) is 2.67. The quantitative estimate of drug-likeness (QED) is 0.798. The summed E-state index contributed by atoms with van der Waals surface area (Å²) >= 11 is 0. The van der Waals surface area contributed by atoms with Crippen LogP contribution in [0.4, 0.5) is 0 Å². The maximum Gasteiger partial charge on any atom is 0.0607 e. The molecule has 0 fully saturated rings. The number of nitrogens with zero attached hydrogens (tertiary/aromatic N) is 1. The highest BCUT2D eigenvalue weighted by atomic mass is 35.5. The van der Waals surface area contributed by atoms with Gasteiger partial charge in [0.15, 0.2) is 0 Å². The van der Waals surface area contributed by atoms with Crippen LogP contribution in [0.25, 0.3) is 0 Å². The van der Waals surface area contributed by atoms with Gasteiger partial charge < -0.3 is 0 Å². The van der Waals surface area contributed by atoms with Gasteiger partial charge in [0.05, 0.1) is 6.04 Å². The minimum Gasteiger partial charge on any atom is -0.293 e. The lowest BCUT2D eigenvalue weighted by atomic mass is 9.93. The third kappa shape index (κ3) is 3.00. The molecule has 0 saturated carbocycles. The number of hydrogen-bond donors (Lipinski definition) is 0. The SMILES string of the molecule is CCN(CC)C1c2ccccc2CCc2ccccc21.Cl. The molecular weight excluding hydrogens is 278 g/mol. The molecule has 0 bridgehead atoms. The smallest absolute Gasteiger partial charge is 0.0607 e. The minimum atomic E-state index is 0. The third-order valence-electron chi connectivity index (χ3n) is 4.54. The second-order valence-electron chi connectivity index (χ2n) is 5.52. The first-order valence-electron chi connectivity index (χ1n) is 7.74. The Bertz CT molecular complexity index is 542. The van der Waals surface area contributed by atoms with E-state index in [1.54, 1.807) is 0 Å². The van der Waals surface area contributed by atoms with Crippen molar-refractivity contribution in [3.63, 3.8) is 0 Å². The van der Waals surface area contributed by atoms with E-state index in [0.29, 0.717) is 6.04 Å². The van der Waals surface area contributed by atoms with E-state index < -0.39 is 0 Å². The van der Waals surface area contributed by atoms with Crippen LogP contribution in [0.5, 0.6) is 0 Å². The molecule has 0 heterocycles. The van der Waals surface area contributed by atoms with Gasteiger partial charge in [0, 0.05) is 0 Å². The Hall–Kier alpha value is -1.31. The fourth-order valence-corrected chi connectivity index (χ4v) is 3.48. The van der Waals surface area contributed by atoms with Gasteiger partial charge in [0.25, 0.3) is 0 Å². The first-order chi connectivity index (χ1) is 9.85. The van der Waals surface area contributed by atoms with Gasteiger partial charge in [0.1, 0.15) is 0 Å². The summed E-state index contributed by atoms with van der Waals surface area (Å²) < 4.78 is 0. The van der Waals surface area contributed by atoms with Gasteiger partial charge in [-0.2, -0.15) is 0 Å². The zero-order chi connectivity index (χ0) is 13.9. The van der Waals surface area contributed by atoms with Crippen LogP contribution in [0.15, 0.2) is 48.5 Å². The van der Waals surface area contributed by atoms with Gasteiger partial charge in [-0.3, -0.25) is 4.90 Å². The Morgan fingerprint density at radius 3 is 1.67 bits per heavy atom. The lowest BCUT2D eigenvalue weighted by Crippen LogP contribution is -2.30. The maximum atomic E-state index is 2.57. The van der Waals surface area contributed by atoms with E-state index in [9.17, 15) is 0 Å². The summed E-state index contributed by atoms with van der Waals surface area (Å²) in [6.45, 7) is 6.70. The Balaban J connectivity index is 0.00000161. The van der Waals surface area contributed by atoms with E-state index in [-0.39, 0.29) is 12.4 Å². The maximum absolute atomic E-state index is 2.57. The number of benzene rings is 2. The predicted molar refractivity (Wildman–Crippen MR) is 92.3 cm³/mol. The lowest BCUT2D eigenvalue weighted by Gasteiger charge is -2.31. The highest BCUT2D eigenvalue weighted by Crippen LogP contribution is 2.36. The zero-order valence-electron chi connectivity index (χ0n) is 12.9. The van der Waals surface area contributed by atoms with Crippen molar-refractivity contribution in [3.05, 3.63) is 70.8 Å². The highest BCUT2D eigenvalue weighted by Gasteiger charge is 2.26. The van der Waals surface area contributed by atoms with Gasteiger partial charge >= 0.3 is 0 Å². The van der Waals surface area contributed by atoms with Crippen LogP contribution in [0.3, 0.4) is 0 Å². The van der Waals surface area contributed by atoms with Crippen LogP contribution in [0.1, 0.15) is 42.1 Å². The zero-order valence-corrected chi connectivity index (χ0v) is 13.7. The second-order valence-corrected chi connectivity index (χ2v) is 5.52. The summed E-state index contributed by atoms with van der Waals surface area (Å²) in [5.74, 6) is 0. The average molecular weight is 302 g/mol. The van der Waals surface area contributed by atoms with Crippen LogP contribution in [-0.4, -0.2) is 18.0 Å². The van der Waals surface area contributed by atoms with Crippen LogP contribution >= 0.6 is 12.4 Å². The molecule has 2 heteroatoms. The number of rotatable bonds is 3. The molecular formula is C19H24ClN. The van der Waals surface area contributed by atoms with Crippen LogP contribution in [0, 0.1) is 0 Å². The fraction of sp³-hybridized carbons (Fsp3) is 0.368. The molecule has 3 rings (SSSR count). The minimum absolute atomic E-state index is 0. The van der Waals surface area contributed by atoms with E-state index in [1.807, 2.05) is 0 Å². The van der Waals surface area contributed by atoms with Crippen molar-refractivity contribution in [2.75, 3.05) is 13.1 Å². The second kappa shape index (κ2) is 7.11. The standard InChI is InChI=1S/C19H23N.ClH/c1-3-20(4-2)19-17-11-7-5-9-15(17)13-14-16-10-6-8-12-18(16)19;/h5-12,19H,3-4,13-14H2,1-2H3;1H. The third-order valence-corrected chi connectivity index (χ3v) is 4.54. The van der Waals surface area contributed by atoms with Gasteiger partial charge in [-0.1, -0.05) is 62.4 Å². The molecule has 1 aliphatic rings. The molecule has 0 N–H and O–H groups in total. The molecule has 0 unspecified atom stereocenters. The summed E-state index contributed by atoms with van der Waals surface area (Å²) in [5.41, 5.74) is 6.03. The number of halogens is 1. The van der Waals surface area contributed by atoms with Gasteiger partial charge in [-0.15, -0.1) is 12.4 Å². The Kier molecular flexibility index (Phi) is 5.44. The molecule has 2 aromatic carbocycles. The first kappa shape index (κ1) is 16.1. The molecule has 0 aliphatic heterocycles. The highest BCUT2D eigenvalue weighted by molar-refractivity contribution is 5.85. The first-order valence-corrected chi connectivity index (χ1v) is 7.74. The van der Waals surface area contributed by atoms with Crippen molar-refractivity contribution in [3.8, 4) is 0 Å². The molecule has 0 spiro atoms. The van der Waals surface area contributed by atoms with Crippen molar-refractivity contribution in [2.24, 2.45) is 0 Å². The van der Waals surface area contributed by atoms with Gasteiger partial charge in [0.2, 0.25) is 0 Å². The number of fused-ring (bicyclic) bond motifs is 2. The van der Waals surface area contributed by atoms with Gasteiger partial charge in [-0.25, -0.2) is 0 Å². The van der Waals surface area contributed by atoms with E-state index in [1.165, 1.54) is 22.3 Å². The lowest BCUT2D eigenvalue weighted by molar-refractivity contribution is 0.250. The van der Waals surface area contributed by atoms with E-state index in [4.69, 9.17) is 0 Å². The number of hydrogen-bond acceptors (Lipinski definition) is 1. The topological polar surface area (TPSA) is 3.24 Å². The number of aryl methyl sites for hydroxylation is 2. The fourth-order valence-electron chi connectivity index (χ4n) is 3.48. The Morgan fingerprint density at radius 2 is 1.24 bits per heavy atom. The van der Waals surface area contributed by atoms with Gasteiger partial charge in [-0.05, 0) is 48.2 Å². The summed E-state index contributed by atoms with van der Waals surface area (Å²) in [6, 6.07) is 18.4. The molecule has 0 amide bonds. The summed E-state index contributed by atoms with van der Waals surface area (Å²) in [7, 11) is 0. The van der Waals surface area contributed by atoms with E-state index in [2.05, 4.69) is 67.3 Å². The molecule has 0 aromatic heterocycles. The summed E-state index contributed by atoms with van der Waals surface area (Å²) in [6.07, 6.45) is 2.32. The summed E-state index contributed by atoms with van der Waals surface area (Å²) in [5, 5.41) is 0. The van der Waals surface area contributed by atoms with Crippen LogP contribution in [-0.2, 0) is 12.8 Å². The van der Waals surface area contributed by atoms with Crippen LogP contribution in [0.2, 0.25) is 0 Å². The molecule has 0 atom stereocenters. The predicted octanol–water partition coefficient (Wildman–Crippen LogP) is 4.64. The van der Waals surface area contributed by atoms with Crippen molar-refractivity contribution in [2.45, 2.75) is 32.7 Å². The molecule has 2 aromatic rings. The molecule has 0 saturated heterocycles. The largest absolute Gasteiger partial charge is 0.293 e. The van der Waals surface area contributed by atoms with E-state index >= 15 is 0 Å². The normalized spacial score (nSPS) is 14.0. The van der Waals surface area contributed by atoms with Crippen molar-refractivity contribution in [1.82, 2.24) is 4.90 Å². The molecule has 21 heavy (non-hydrogen) atoms. The molecule has 1 aliphatic carbocycles. The molecule has 1 nitrogen and oxygen atoms in total. The van der Waals surface area contributed by atoms with Crippen LogP contribution < -0.4 is 0 Å².